The number of nitrogens with zero attached hydrogens (tertiary/aromatic N) is 3. The summed E-state index contributed by atoms with van der Waals surface area (Å²) in [5.41, 5.74) is 0.846. The maximum atomic E-state index is 13.6. The molecule has 2 aliphatic rings. The van der Waals surface area contributed by atoms with Crippen molar-refractivity contribution in [3.05, 3.63) is 84.4 Å². The normalized spacial score (nSPS) is 28.0. The minimum atomic E-state index is -1.23. The quantitative estimate of drug-likeness (QED) is 0.514. The van der Waals surface area contributed by atoms with E-state index in [4.69, 9.17) is 0 Å². The van der Waals surface area contributed by atoms with Gasteiger partial charge >= 0.3 is 0 Å². The van der Waals surface area contributed by atoms with Crippen molar-refractivity contribution in [3.63, 3.8) is 0 Å². The third kappa shape index (κ3) is 2.83. The number of anilines is 1. The molecule has 4 atom stereocenters. The highest BCUT2D eigenvalue weighted by Gasteiger charge is 2.68. The summed E-state index contributed by atoms with van der Waals surface area (Å²) in [6.45, 7) is -0.542. The molecular weight excluding hydrogens is 442 g/mol. The Hall–Kier alpha value is -2.81. The standard InChI is InChI=1S/C20H18BrN3O5/c1-22-16-5-3-2-4-15(16)20(19(22)25)10-13(11-23(26)27)18(24(28)29)17(20)12-6-8-14(21)9-7-12/h2-9,13,17-18H,10-11H2,1H3/t13-,17-,18-,20+/m1/s1. The Labute approximate surface area is 174 Å². The first-order valence-electron chi connectivity index (χ1n) is 9.16. The molecule has 8 nitrogen and oxygen atoms in total. The number of amides is 1. The smallest absolute Gasteiger partial charge is 0.238 e. The van der Waals surface area contributed by atoms with E-state index in [0.29, 0.717) is 16.8 Å². The van der Waals surface area contributed by atoms with Gasteiger partial charge < -0.3 is 4.90 Å². The molecule has 2 aromatic carbocycles. The van der Waals surface area contributed by atoms with Crippen LogP contribution >= 0.6 is 15.9 Å². The minimum Gasteiger partial charge on any atom is -0.314 e. The molecule has 1 spiro atoms. The van der Waals surface area contributed by atoms with E-state index < -0.39 is 39.7 Å². The molecular formula is C20H18BrN3O5. The van der Waals surface area contributed by atoms with Crippen molar-refractivity contribution in [3.8, 4) is 0 Å². The van der Waals surface area contributed by atoms with Crippen LogP contribution in [-0.2, 0) is 10.2 Å². The number of likely N-dealkylation sites (N-methyl/N-ethyl adjacent to an activating group) is 1. The van der Waals surface area contributed by atoms with Crippen LogP contribution in [-0.4, -0.2) is 35.4 Å². The van der Waals surface area contributed by atoms with E-state index in [1.165, 1.54) is 4.90 Å². The van der Waals surface area contributed by atoms with Crippen molar-refractivity contribution < 1.29 is 14.6 Å². The lowest BCUT2D eigenvalue weighted by Gasteiger charge is -2.30. The predicted octanol–water partition coefficient (Wildman–Crippen LogP) is 3.39. The molecule has 150 valence electrons. The van der Waals surface area contributed by atoms with Crippen LogP contribution in [0.1, 0.15) is 23.5 Å². The van der Waals surface area contributed by atoms with Crippen LogP contribution in [0.25, 0.3) is 0 Å². The average Bonchev–Trinajstić information content (AvgIpc) is 3.12. The van der Waals surface area contributed by atoms with Gasteiger partial charge in [0, 0.05) is 27.1 Å². The molecule has 1 saturated carbocycles. The molecule has 1 heterocycles. The number of para-hydroxylation sites is 1. The molecule has 0 N–H and O–H groups in total. The van der Waals surface area contributed by atoms with Crippen molar-refractivity contribution >= 4 is 27.5 Å². The molecule has 1 amide bonds. The van der Waals surface area contributed by atoms with Crippen LogP contribution in [0.3, 0.4) is 0 Å². The number of nitro groups is 2. The fraction of sp³-hybridized carbons (Fsp3) is 0.350. The average molecular weight is 460 g/mol. The van der Waals surface area contributed by atoms with Crippen LogP contribution in [0.5, 0.6) is 0 Å². The fourth-order valence-corrected chi connectivity index (χ4v) is 5.46. The summed E-state index contributed by atoms with van der Waals surface area (Å²) >= 11 is 3.37. The first-order chi connectivity index (χ1) is 13.8. The zero-order valence-corrected chi connectivity index (χ0v) is 17.1. The van der Waals surface area contributed by atoms with Crippen LogP contribution in [0.15, 0.2) is 53.0 Å². The Morgan fingerprint density at radius 3 is 2.41 bits per heavy atom. The minimum absolute atomic E-state index is 0.0700. The molecule has 0 saturated heterocycles. The molecule has 0 bridgehead atoms. The van der Waals surface area contributed by atoms with Crippen LogP contribution < -0.4 is 4.90 Å². The van der Waals surface area contributed by atoms with Crippen LogP contribution in [0.4, 0.5) is 5.69 Å². The Balaban J connectivity index is 1.98. The fourth-order valence-electron chi connectivity index (χ4n) is 5.20. The molecule has 2 aromatic rings. The summed E-state index contributed by atoms with van der Waals surface area (Å²) in [5, 5.41) is 23.4. The zero-order valence-electron chi connectivity index (χ0n) is 15.5. The summed E-state index contributed by atoms with van der Waals surface area (Å²) in [5.74, 6) is -1.89. The van der Waals surface area contributed by atoms with Gasteiger partial charge in [-0.1, -0.05) is 46.3 Å². The van der Waals surface area contributed by atoms with Gasteiger partial charge in [0.05, 0.1) is 17.3 Å². The zero-order chi connectivity index (χ0) is 20.9. The maximum absolute atomic E-state index is 13.6. The number of carbonyl (C=O) groups is 1. The highest BCUT2D eigenvalue weighted by atomic mass is 79.9. The van der Waals surface area contributed by atoms with Gasteiger partial charge in [0.15, 0.2) is 0 Å². The summed E-state index contributed by atoms with van der Waals surface area (Å²) < 4.78 is 0.808. The summed E-state index contributed by atoms with van der Waals surface area (Å²) in [4.78, 5) is 37.5. The van der Waals surface area contributed by atoms with Crippen molar-refractivity contribution in [1.82, 2.24) is 0 Å². The lowest BCUT2D eigenvalue weighted by atomic mass is 9.69. The van der Waals surface area contributed by atoms with Crippen LogP contribution in [0.2, 0.25) is 0 Å². The number of hydrogen-bond donors (Lipinski definition) is 0. The van der Waals surface area contributed by atoms with Gasteiger partial charge in [0.2, 0.25) is 18.5 Å². The molecule has 4 rings (SSSR count). The van der Waals surface area contributed by atoms with Crippen molar-refractivity contribution in [2.75, 3.05) is 18.5 Å². The predicted molar refractivity (Wildman–Crippen MR) is 109 cm³/mol. The van der Waals surface area contributed by atoms with Gasteiger partial charge in [-0.25, -0.2) is 0 Å². The molecule has 0 unspecified atom stereocenters. The van der Waals surface area contributed by atoms with E-state index in [9.17, 15) is 25.0 Å². The second-order valence-electron chi connectivity index (χ2n) is 7.64. The van der Waals surface area contributed by atoms with Crippen molar-refractivity contribution in [2.24, 2.45) is 5.92 Å². The van der Waals surface area contributed by atoms with Crippen LogP contribution in [0, 0.1) is 26.1 Å². The molecule has 9 heteroatoms. The van der Waals surface area contributed by atoms with Gasteiger partial charge in [-0.3, -0.25) is 25.0 Å². The number of carbonyl (C=O) groups excluding carboxylic acids is 1. The molecule has 1 aliphatic carbocycles. The molecule has 1 fully saturated rings. The van der Waals surface area contributed by atoms with E-state index in [1.807, 2.05) is 18.2 Å². The third-order valence-electron chi connectivity index (χ3n) is 6.23. The molecule has 1 aliphatic heterocycles. The summed E-state index contributed by atoms with van der Waals surface area (Å²) in [7, 11) is 1.65. The lowest BCUT2D eigenvalue weighted by molar-refractivity contribution is -0.553. The molecule has 29 heavy (non-hydrogen) atoms. The SMILES string of the molecule is CN1C(=O)[C@@]2(C[C@H](C[N+](=O)[O-])[C@@H]([N+](=O)[O-])[C@H]2c2ccc(Br)cc2)c2ccccc21. The molecule has 0 aromatic heterocycles. The number of rotatable bonds is 4. The third-order valence-corrected chi connectivity index (χ3v) is 6.76. The van der Waals surface area contributed by atoms with E-state index >= 15 is 0 Å². The first kappa shape index (κ1) is 19.5. The van der Waals surface area contributed by atoms with Gasteiger partial charge in [-0.15, -0.1) is 0 Å². The van der Waals surface area contributed by atoms with Gasteiger partial charge in [-0.05, 0) is 35.7 Å². The second-order valence-corrected chi connectivity index (χ2v) is 8.55. The van der Waals surface area contributed by atoms with Gasteiger partial charge in [0.25, 0.3) is 0 Å². The summed E-state index contributed by atoms with van der Waals surface area (Å²) in [6, 6.07) is 13.1. The number of hydrogen-bond acceptors (Lipinski definition) is 5. The lowest BCUT2D eigenvalue weighted by Crippen LogP contribution is -2.43. The molecule has 0 radical (unpaired) electrons. The topological polar surface area (TPSA) is 107 Å². The highest BCUT2D eigenvalue weighted by molar-refractivity contribution is 9.10. The van der Waals surface area contributed by atoms with Gasteiger partial charge in [-0.2, -0.15) is 0 Å². The summed E-state index contributed by atoms with van der Waals surface area (Å²) in [6.07, 6.45) is 0.0700. The van der Waals surface area contributed by atoms with E-state index in [-0.39, 0.29) is 12.3 Å². The first-order valence-corrected chi connectivity index (χ1v) is 9.95. The van der Waals surface area contributed by atoms with Crippen molar-refractivity contribution in [2.45, 2.75) is 23.8 Å². The Morgan fingerprint density at radius 1 is 1.14 bits per heavy atom. The number of benzene rings is 2. The van der Waals surface area contributed by atoms with Crippen molar-refractivity contribution in [1.29, 1.82) is 0 Å². The number of halogens is 1. The highest BCUT2D eigenvalue weighted by Crippen LogP contribution is 2.60. The Morgan fingerprint density at radius 2 is 1.79 bits per heavy atom. The second kappa shape index (κ2) is 6.91. The van der Waals surface area contributed by atoms with E-state index in [1.54, 1.807) is 37.4 Å². The largest absolute Gasteiger partial charge is 0.314 e. The Bertz CT molecular complexity index is 1010. The maximum Gasteiger partial charge on any atom is 0.238 e. The number of fused-ring (bicyclic) bond motifs is 2. The van der Waals surface area contributed by atoms with E-state index in [0.717, 1.165) is 4.47 Å². The van der Waals surface area contributed by atoms with Gasteiger partial charge in [0.1, 0.15) is 0 Å². The monoisotopic (exact) mass is 459 g/mol. The van der Waals surface area contributed by atoms with E-state index in [2.05, 4.69) is 15.9 Å². The Kier molecular flexibility index (Phi) is 4.65.